The lowest BCUT2D eigenvalue weighted by Crippen LogP contribution is -2.25. The molecule has 0 aliphatic heterocycles. The van der Waals surface area contributed by atoms with Crippen LogP contribution in [-0.2, 0) is 14.8 Å². The number of halogens is 1. The molecular weight excluding hydrogens is 316 g/mol. The summed E-state index contributed by atoms with van der Waals surface area (Å²) in [6.07, 6.45) is 1.43. The third-order valence-electron chi connectivity index (χ3n) is 2.85. The Hall–Kier alpha value is -1.15. The van der Waals surface area contributed by atoms with E-state index in [1.54, 1.807) is 13.0 Å². The maximum Gasteiger partial charge on any atom is 0.338 e. The summed E-state index contributed by atoms with van der Waals surface area (Å²) in [5.74, 6) is -0.553. The first-order valence-corrected chi connectivity index (χ1v) is 7.79. The van der Waals surface area contributed by atoms with Gasteiger partial charge < -0.3 is 10.5 Å². The van der Waals surface area contributed by atoms with Gasteiger partial charge in [0.05, 0.1) is 17.6 Å². The van der Waals surface area contributed by atoms with Crippen LogP contribution in [0.15, 0.2) is 23.1 Å². The molecular formula is C13H21ClN2O4S. The molecule has 0 saturated carbocycles. The second kappa shape index (κ2) is 8.99. The van der Waals surface area contributed by atoms with Crippen LogP contribution in [0.25, 0.3) is 0 Å². The van der Waals surface area contributed by atoms with Crippen molar-refractivity contribution in [2.75, 3.05) is 20.2 Å². The Morgan fingerprint density at radius 2 is 2.00 bits per heavy atom. The zero-order chi connectivity index (χ0) is 15.2. The van der Waals surface area contributed by atoms with Crippen molar-refractivity contribution in [3.8, 4) is 0 Å². The molecule has 0 radical (unpaired) electrons. The molecule has 0 heterocycles. The number of nitrogens with one attached hydrogen (secondary N) is 1. The lowest BCUT2D eigenvalue weighted by atomic mass is 10.1. The number of esters is 1. The maximum atomic E-state index is 12.1. The lowest BCUT2D eigenvalue weighted by Gasteiger charge is -2.09. The van der Waals surface area contributed by atoms with Crippen LogP contribution < -0.4 is 10.5 Å². The number of hydrogen-bond donors (Lipinski definition) is 2. The van der Waals surface area contributed by atoms with E-state index in [9.17, 15) is 13.2 Å². The average Bonchev–Trinajstić information content (AvgIpc) is 2.43. The Bertz CT molecular complexity index is 576. The number of ether oxygens (including phenoxy) is 1. The third kappa shape index (κ3) is 5.62. The van der Waals surface area contributed by atoms with Crippen LogP contribution >= 0.6 is 12.4 Å². The topological polar surface area (TPSA) is 98.5 Å². The molecule has 1 aromatic rings. The molecule has 0 aromatic heterocycles. The number of aryl methyl sites for hydroxylation is 1. The number of unbranched alkanes of at least 4 members (excludes halogenated alkanes) is 1. The van der Waals surface area contributed by atoms with E-state index >= 15 is 0 Å². The number of methoxy groups -OCH3 is 1. The lowest BCUT2D eigenvalue weighted by molar-refractivity contribution is 0.0599. The van der Waals surface area contributed by atoms with E-state index in [4.69, 9.17) is 5.73 Å². The van der Waals surface area contributed by atoms with E-state index in [1.165, 1.54) is 19.2 Å². The van der Waals surface area contributed by atoms with E-state index in [0.29, 0.717) is 25.1 Å². The molecule has 0 bridgehead atoms. The predicted molar refractivity (Wildman–Crippen MR) is 83.2 cm³/mol. The van der Waals surface area contributed by atoms with Gasteiger partial charge in [-0.3, -0.25) is 0 Å². The van der Waals surface area contributed by atoms with Crippen molar-refractivity contribution in [2.24, 2.45) is 5.73 Å². The van der Waals surface area contributed by atoms with E-state index in [1.807, 2.05) is 0 Å². The molecule has 0 aliphatic rings. The maximum absolute atomic E-state index is 12.1. The van der Waals surface area contributed by atoms with Gasteiger partial charge in [-0.2, -0.15) is 0 Å². The van der Waals surface area contributed by atoms with Gasteiger partial charge in [0.25, 0.3) is 0 Å². The highest BCUT2D eigenvalue weighted by Crippen LogP contribution is 2.16. The van der Waals surface area contributed by atoms with Crippen molar-refractivity contribution >= 4 is 28.4 Å². The molecule has 0 unspecified atom stereocenters. The Kier molecular flexibility index (Phi) is 8.50. The Morgan fingerprint density at radius 3 is 2.57 bits per heavy atom. The van der Waals surface area contributed by atoms with Gasteiger partial charge in [0.2, 0.25) is 10.0 Å². The minimum atomic E-state index is -3.62. The molecule has 21 heavy (non-hydrogen) atoms. The zero-order valence-electron chi connectivity index (χ0n) is 12.1. The van der Waals surface area contributed by atoms with E-state index in [0.717, 1.165) is 6.42 Å². The van der Waals surface area contributed by atoms with Crippen molar-refractivity contribution in [3.63, 3.8) is 0 Å². The van der Waals surface area contributed by atoms with Gasteiger partial charge in [-0.15, -0.1) is 12.4 Å². The van der Waals surface area contributed by atoms with Gasteiger partial charge in [-0.1, -0.05) is 6.07 Å². The highest BCUT2D eigenvalue weighted by Gasteiger charge is 2.17. The van der Waals surface area contributed by atoms with Crippen molar-refractivity contribution in [1.82, 2.24) is 4.72 Å². The molecule has 0 fully saturated rings. The van der Waals surface area contributed by atoms with Crippen LogP contribution in [0.5, 0.6) is 0 Å². The van der Waals surface area contributed by atoms with Gasteiger partial charge in [0, 0.05) is 6.54 Å². The first-order valence-electron chi connectivity index (χ1n) is 6.31. The predicted octanol–water partition coefficient (Wildman–Crippen LogP) is 1.22. The molecule has 120 valence electrons. The third-order valence-corrected chi connectivity index (χ3v) is 4.31. The standard InChI is InChI=1S/C13H20N2O4S.ClH/c1-10-5-6-11(9-12(10)13(16)19-2)20(17,18)15-8-4-3-7-14;/h5-6,9,15H,3-4,7-8,14H2,1-2H3;1H. The van der Waals surface area contributed by atoms with Gasteiger partial charge >= 0.3 is 5.97 Å². The Morgan fingerprint density at radius 1 is 1.33 bits per heavy atom. The molecule has 0 atom stereocenters. The van der Waals surface area contributed by atoms with Crippen LogP contribution in [0, 0.1) is 6.92 Å². The number of benzene rings is 1. The molecule has 8 heteroatoms. The van der Waals surface area contributed by atoms with Gasteiger partial charge in [0.15, 0.2) is 0 Å². The first kappa shape index (κ1) is 19.9. The fourth-order valence-corrected chi connectivity index (χ4v) is 2.76. The zero-order valence-corrected chi connectivity index (χ0v) is 13.7. The van der Waals surface area contributed by atoms with Gasteiger partial charge in [-0.25, -0.2) is 17.9 Å². The summed E-state index contributed by atoms with van der Waals surface area (Å²) < 4.78 is 31.3. The number of rotatable bonds is 7. The molecule has 0 saturated heterocycles. The highest BCUT2D eigenvalue weighted by atomic mass is 35.5. The van der Waals surface area contributed by atoms with Crippen LogP contribution in [0.3, 0.4) is 0 Å². The number of hydrogen-bond acceptors (Lipinski definition) is 5. The number of carbonyl (C=O) groups is 1. The fraction of sp³-hybridized carbons (Fsp3) is 0.462. The smallest absolute Gasteiger partial charge is 0.338 e. The first-order chi connectivity index (χ1) is 9.42. The Labute approximate surface area is 131 Å². The fourth-order valence-electron chi connectivity index (χ4n) is 1.66. The summed E-state index contributed by atoms with van der Waals surface area (Å²) >= 11 is 0. The molecule has 6 nitrogen and oxygen atoms in total. The molecule has 0 aliphatic carbocycles. The highest BCUT2D eigenvalue weighted by molar-refractivity contribution is 7.89. The van der Waals surface area contributed by atoms with Crippen molar-refractivity contribution in [3.05, 3.63) is 29.3 Å². The molecule has 3 N–H and O–H groups in total. The van der Waals surface area contributed by atoms with Gasteiger partial charge in [0.1, 0.15) is 0 Å². The van der Waals surface area contributed by atoms with Crippen LogP contribution in [-0.4, -0.2) is 34.6 Å². The van der Waals surface area contributed by atoms with Gasteiger partial charge in [-0.05, 0) is 44.0 Å². The van der Waals surface area contributed by atoms with Crippen molar-refractivity contribution < 1.29 is 17.9 Å². The largest absolute Gasteiger partial charge is 0.465 e. The summed E-state index contributed by atoms with van der Waals surface area (Å²) in [7, 11) is -2.36. The molecule has 0 spiro atoms. The number of carbonyl (C=O) groups excluding carboxylic acids is 1. The van der Waals surface area contributed by atoms with E-state index in [-0.39, 0.29) is 22.9 Å². The summed E-state index contributed by atoms with van der Waals surface area (Å²) in [4.78, 5) is 11.6. The molecule has 0 amide bonds. The second-order valence-corrected chi connectivity index (χ2v) is 6.13. The minimum Gasteiger partial charge on any atom is -0.465 e. The Balaban J connectivity index is 0.00000400. The summed E-state index contributed by atoms with van der Waals surface area (Å²) in [6.45, 7) is 2.57. The summed E-state index contributed by atoms with van der Waals surface area (Å²) in [6, 6.07) is 4.38. The van der Waals surface area contributed by atoms with E-state index in [2.05, 4.69) is 9.46 Å². The van der Waals surface area contributed by atoms with Crippen molar-refractivity contribution in [1.29, 1.82) is 0 Å². The molecule has 1 rings (SSSR count). The summed E-state index contributed by atoms with van der Waals surface area (Å²) in [5, 5.41) is 0. The minimum absolute atomic E-state index is 0. The number of nitrogens with two attached hydrogens (primary N) is 1. The quantitative estimate of drug-likeness (QED) is 0.576. The monoisotopic (exact) mass is 336 g/mol. The average molecular weight is 337 g/mol. The van der Waals surface area contributed by atoms with Crippen molar-refractivity contribution in [2.45, 2.75) is 24.7 Å². The summed E-state index contributed by atoms with van der Waals surface area (Å²) in [5.41, 5.74) is 6.26. The van der Waals surface area contributed by atoms with Crippen LogP contribution in [0.1, 0.15) is 28.8 Å². The van der Waals surface area contributed by atoms with Crippen LogP contribution in [0.4, 0.5) is 0 Å². The normalized spacial score (nSPS) is 10.8. The van der Waals surface area contributed by atoms with Crippen LogP contribution in [0.2, 0.25) is 0 Å². The SMILES string of the molecule is COC(=O)c1cc(S(=O)(=O)NCCCCN)ccc1C.Cl. The number of sulfonamides is 1. The van der Waals surface area contributed by atoms with E-state index < -0.39 is 16.0 Å². The second-order valence-electron chi connectivity index (χ2n) is 4.36. The molecule has 1 aromatic carbocycles.